The maximum atomic E-state index is 15.1. The monoisotopic (exact) mass is 428 g/mol. The molecule has 4 heterocycles. The quantitative estimate of drug-likeness (QED) is 0.400. The Morgan fingerprint density at radius 1 is 1.09 bits per heavy atom. The van der Waals surface area contributed by atoms with Crippen molar-refractivity contribution in [3.63, 3.8) is 0 Å². The number of imidazole rings is 2. The largest absolute Gasteiger partial charge is 0.494 e. The van der Waals surface area contributed by atoms with Gasteiger partial charge in [-0.2, -0.15) is 5.10 Å². The summed E-state index contributed by atoms with van der Waals surface area (Å²) in [5.74, 6) is 1.82. The molecule has 1 fully saturated rings. The maximum absolute atomic E-state index is 15.1. The first-order valence-electron chi connectivity index (χ1n) is 10.7. The molecule has 160 valence electrons. The Morgan fingerprint density at radius 3 is 2.75 bits per heavy atom. The van der Waals surface area contributed by atoms with Gasteiger partial charge >= 0.3 is 0 Å². The zero-order valence-electron chi connectivity index (χ0n) is 17.8. The third-order valence-electron chi connectivity index (χ3n) is 6.15. The van der Waals surface area contributed by atoms with Crippen molar-refractivity contribution in [2.24, 2.45) is 0 Å². The van der Waals surface area contributed by atoms with E-state index in [1.54, 1.807) is 25.7 Å². The van der Waals surface area contributed by atoms with Crippen LogP contribution in [-0.2, 0) is 6.54 Å². The van der Waals surface area contributed by atoms with Crippen molar-refractivity contribution < 1.29 is 9.13 Å². The van der Waals surface area contributed by atoms with Crippen LogP contribution < -0.4 is 4.74 Å². The molecule has 0 N–H and O–H groups in total. The van der Waals surface area contributed by atoms with Crippen molar-refractivity contribution in [2.75, 3.05) is 7.11 Å². The van der Waals surface area contributed by atoms with Crippen molar-refractivity contribution in [1.82, 2.24) is 29.1 Å². The number of aryl methyl sites for hydroxylation is 1. The van der Waals surface area contributed by atoms with E-state index in [4.69, 9.17) is 4.74 Å². The summed E-state index contributed by atoms with van der Waals surface area (Å²) in [7, 11) is 1.61. The van der Waals surface area contributed by atoms with E-state index in [-0.39, 0.29) is 5.82 Å². The van der Waals surface area contributed by atoms with E-state index in [0.29, 0.717) is 28.4 Å². The number of rotatable bonds is 5. The van der Waals surface area contributed by atoms with Gasteiger partial charge < -0.3 is 13.7 Å². The molecule has 1 saturated carbocycles. The van der Waals surface area contributed by atoms with E-state index < -0.39 is 0 Å². The van der Waals surface area contributed by atoms with Gasteiger partial charge in [0, 0.05) is 35.3 Å². The van der Waals surface area contributed by atoms with E-state index in [0.717, 1.165) is 47.4 Å². The Labute approximate surface area is 183 Å². The second kappa shape index (κ2) is 7.12. The molecule has 1 aromatic carbocycles. The summed E-state index contributed by atoms with van der Waals surface area (Å²) in [6.07, 6.45) is 9.50. The number of fused-ring (bicyclic) bond motifs is 2. The molecule has 0 amide bonds. The SMILES string of the molecule is CCn1cnc2c(-c3ccc(F)c(-c4ccn5c(C6CC6)ncc5c4OC)c3)cnnc21. The lowest BCUT2D eigenvalue weighted by molar-refractivity contribution is 0.419. The number of aromatic nitrogens is 6. The van der Waals surface area contributed by atoms with Gasteiger partial charge in [0.15, 0.2) is 11.4 Å². The molecule has 32 heavy (non-hydrogen) atoms. The molecule has 4 aromatic heterocycles. The molecule has 1 aliphatic rings. The standard InChI is InChI=1S/C24H21FN6O/c1-3-30-13-27-21-18(11-28-29-24(21)30)15-6-7-19(25)17(10-15)16-8-9-31-20(22(16)32-2)12-26-23(31)14-4-5-14/h6-14H,3-5H2,1-2H3. The summed E-state index contributed by atoms with van der Waals surface area (Å²) < 4.78 is 24.8. The van der Waals surface area contributed by atoms with Gasteiger partial charge in [0.05, 0.1) is 25.8 Å². The van der Waals surface area contributed by atoms with Crippen LogP contribution in [-0.4, -0.2) is 36.2 Å². The van der Waals surface area contributed by atoms with Gasteiger partial charge in [-0.3, -0.25) is 0 Å². The number of benzene rings is 1. The van der Waals surface area contributed by atoms with Crippen LogP contribution in [0, 0.1) is 5.82 Å². The third kappa shape index (κ3) is 2.79. The Balaban J connectivity index is 1.53. The summed E-state index contributed by atoms with van der Waals surface area (Å²) in [5, 5.41) is 8.38. The molecule has 1 aliphatic carbocycles. The lowest BCUT2D eigenvalue weighted by Gasteiger charge is -2.13. The van der Waals surface area contributed by atoms with E-state index >= 15 is 4.39 Å². The first-order valence-corrected chi connectivity index (χ1v) is 10.7. The molecule has 0 radical (unpaired) electrons. The van der Waals surface area contributed by atoms with Crippen molar-refractivity contribution in [3.8, 4) is 28.0 Å². The Kier molecular flexibility index (Phi) is 4.21. The number of halogens is 1. The first-order chi connectivity index (χ1) is 15.7. The highest BCUT2D eigenvalue weighted by Gasteiger charge is 2.29. The zero-order chi connectivity index (χ0) is 21.8. The fourth-order valence-electron chi connectivity index (χ4n) is 4.35. The number of ether oxygens (including phenoxy) is 1. The van der Waals surface area contributed by atoms with Gasteiger partial charge in [0.25, 0.3) is 0 Å². The normalized spacial score (nSPS) is 13.8. The summed E-state index contributed by atoms with van der Waals surface area (Å²) >= 11 is 0. The van der Waals surface area contributed by atoms with Gasteiger partial charge in [-0.05, 0) is 43.5 Å². The summed E-state index contributed by atoms with van der Waals surface area (Å²) in [4.78, 5) is 9.12. The Morgan fingerprint density at radius 2 is 1.97 bits per heavy atom. The topological polar surface area (TPSA) is 70.1 Å². The number of nitrogens with zero attached hydrogens (tertiary/aromatic N) is 6. The van der Waals surface area contributed by atoms with Crippen LogP contribution in [0.1, 0.15) is 31.5 Å². The fourth-order valence-corrected chi connectivity index (χ4v) is 4.35. The van der Waals surface area contributed by atoms with Crippen LogP contribution in [0.15, 0.2) is 49.2 Å². The number of methoxy groups -OCH3 is 1. The number of pyridine rings is 1. The van der Waals surface area contributed by atoms with Crippen molar-refractivity contribution in [2.45, 2.75) is 32.2 Å². The molecule has 0 aliphatic heterocycles. The number of hydrogen-bond acceptors (Lipinski definition) is 5. The molecule has 8 heteroatoms. The highest BCUT2D eigenvalue weighted by molar-refractivity contribution is 5.91. The Hall–Kier alpha value is -3.81. The van der Waals surface area contributed by atoms with Crippen LogP contribution in [0.5, 0.6) is 5.75 Å². The molecule has 7 nitrogen and oxygen atoms in total. The molecule has 6 rings (SSSR count). The van der Waals surface area contributed by atoms with Crippen molar-refractivity contribution in [1.29, 1.82) is 0 Å². The van der Waals surface area contributed by atoms with Crippen LogP contribution in [0.2, 0.25) is 0 Å². The summed E-state index contributed by atoms with van der Waals surface area (Å²) in [5.41, 5.74) is 5.05. The third-order valence-corrected chi connectivity index (χ3v) is 6.15. The molecule has 0 bridgehead atoms. The van der Waals surface area contributed by atoms with Crippen LogP contribution in [0.4, 0.5) is 4.39 Å². The van der Waals surface area contributed by atoms with Crippen LogP contribution >= 0.6 is 0 Å². The average Bonchev–Trinajstić information content (AvgIpc) is 3.43. The molecular weight excluding hydrogens is 407 g/mol. The molecule has 5 aromatic rings. The molecule has 0 atom stereocenters. The van der Waals surface area contributed by atoms with E-state index in [1.165, 1.54) is 6.07 Å². The molecule has 0 unspecified atom stereocenters. The summed E-state index contributed by atoms with van der Waals surface area (Å²) in [6, 6.07) is 6.94. The molecular formula is C24H21FN6O. The summed E-state index contributed by atoms with van der Waals surface area (Å²) in [6.45, 7) is 2.77. The van der Waals surface area contributed by atoms with Crippen molar-refractivity contribution >= 4 is 16.7 Å². The predicted octanol–water partition coefficient (Wildman–Crippen LogP) is 4.85. The van der Waals surface area contributed by atoms with Gasteiger partial charge in [0.2, 0.25) is 0 Å². The second-order valence-corrected chi connectivity index (χ2v) is 8.06. The lowest BCUT2D eigenvalue weighted by atomic mass is 9.98. The zero-order valence-corrected chi connectivity index (χ0v) is 17.8. The van der Waals surface area contributed by atoms with Crippen LogP contribution in [0.3, 0.4) is 0 Å². The van der Waals surface area contributed by atoms with Crippen molar-refractivity contribution in [3.05, 3.63) is 60.8 Å². The average molecular weight is 428 g/mol. The van der Waals surface area contributed by atoms with Gasteiger partial charge in [-0.15, -0.1) is 5.10 Å². The Bertz CT molecular complexity index is 1480. The molecule has 0 saturated heterocycles. The smallest absolute Gasteiger partial charge is 0.183 e. The van der Waals surface area contributed by atoms with Gasteiger partial charge in [-0.25, -0.2) is 14.4 Å². The highest BCUT2D eigenvalue weighted by Crippen LogP contribution is 2.42. The fraction of sp³-hybridized carbons (Fsp3) is 0.250. The highest BCUT2D eigenvalue weighted by atomic mass is 19.1. The lowest BCUT2D eigenvalue weighted by Crippen LogP contribution is -1.98. The number of hydrogen-bond donors (Lipinski definition) is 0. The second-order valence-electron chi connectivity index (χ2n) is 8.06. The first kappa shape index (κ1) is 18.9. The minimum Gasteiger partial charge on any atom is -0.494 e. The minimum atomic E-state index is -0.323. The van der Waals surface area contributed by atoms with E-state index in [9.17, 15) is 0 Å². The predicted molar refractivity (Wildman–Crippen MR) is 119 cm³/mol. The van der Waals surface area contributed by atoms with Gasteiger partial charge in [0.1, 0.15) is 22.7 Å². The van der Waals surface area contributed by atoms with Crippen LogP contribution in [0.25, 0.3) is 38.9 Å². The minimum absolute atomic E-state index is 0.323. The van der Waals surface area contributed by atoms with Gasteiger partial charge in [-0.1, -0.05) is 6.07 Å². The maximum Gasteiger partial charge on any atom is 0.183 e. The molecule has 0 spiro atoms. The van der Waals surface area contributed by atoms with E-state index in [2.05, 4.69) is 24.6 Å². The van der Waals surface area contributed by atoms with E-state index in [1.807, 2.05) is 36.0 Å².